The number of rotatable bonds is 8. The number of para-hydroxylation sites is 2. The van der Waals surface area contributed by atoms with Crippen LogP contribution in [0.5, 0.6) is 11.5 Å². The molecule has 6 heteroatoms. The second-order valence-electron chi connectivity index (χ2n) is 5.29. The van der Waals surface area contributed by atoms with E-state index in [-0.39, 0.29) is 12.5 Å². The standard InChI is InChI=1S/C20H18N2O3S/c1-2-12-24-17-10-6-7-11-18(17)25-13-19(23)22-20-21-16(14-26-20)15-8-4-3-5-9-15/h2-11,14H,1,12-13H2,(H,21,22,23). The zero-order valence-electron chi connectivity index (χ0n) is 14.1. The van der Waals surface area contributed by atoms with E-state index in [1.54, 1.807) is 18.2 Å². The summed E-state index contributed by atoms with van der Waals surface area (Å²) in [7, 11) is 0. The maximum absolute atomic E-state index is 12.1. The minimum absolute atomic E-state index is 0.130. The minimum Gasteiger partial charge on any atom is -0.486 e. The van der Waals surface area contributed by atoms with Crippen molar-refractivity contribution in [3.8, 4) is 22.8 Å². The van der Waals surface area contributed by atoms with Gasteiger partial charge in [0, 0.05) is 10.9 Å². The third kappa shape index (κ3) is 4.70. The Balaban J connectivity index is 1.57. The lowest BCUT2D eigenvalue weighted by molar-refractivity contribution is -0.118. The van der Waals surface area contributed by atoms with Gasteiger partial charge in [-0.15, -0.1) is 11.3 Å². The molecule has 3 rings (SSSR count). The van der Waals surface area contributed by atoms with Crippen LogP contribution in [0.25, 0.3) is 11.3 Å². The largest absolute Gasteiger partial charge is 0.486 e. The molecule has 0 saturated heterocycles. The Kier molecular flexibility index (Phi) is 6.01. The fraction of sp³-hybridized carbons (Fsp3) is 0.100. The SMILES string of the molecule is C=CCOc1ccccc1OCC(=O)Nc1nc(-c2ccccc2)cs1. The molecule has 0 aliphatic heterocycles. The van der Waals surface area contributed by atoms with Crippen LogP contribution in [0.15, 0.2) is 72.6 Å². The number of amides is 1. The number of nitrogens with one attached hydrogen (secondary N) is 1. The summed E-state index contributed by atoms with van der Waals surface area (Å²) in [5, 5.41) is 5.19. The van der Waals surface area contributed by atoms with Crippen LogP contribution >= 0.6 is 11.3 Å². The van der Waals surface area contributed by atoms with Gasteiger partial charge in [0.2, 0.25) is 0 Å². The molecule has 0 radical (unpaired) electrons. The van der Waals surface area contributed by atoms with Gasteiger partial charge in [0.05, 0.1) is 5.69 Å². The summed E-state index contributed by atoms with van der Waals surface area (Å²) in [4.78, 5) is 16.6. The molecule has 0 atom stereocenters. The van der Waals surface area contributed by atoms with Gasteiger partial charge in [-0.3, -0.25) is 10.1 Å². The van der Waals surface area contributed by atoms with Crippen molar-refractivity contribution in [2.24, 2.45) is 0 Å². The van der Waals surface area contributed by atoms with Crippen molar-refractivity contribution in [1.29, 1.82) is 0 Å². The Labute approximate surface area is 155 Å². The van der Waals surface area contributed by atoms with Gasteiger partial charge in [-0.05, 0) is 12.1 Å². The summed E-state index contributed by atoms with van der Waals surface area (Å²) >= 11 is 1.37. The number of carbonyl (C=O) groups excluding carboxylic acids is 1. The molecular weight excluding hydrogens is 348 g/mol. The maximum atomic E-state index is 12.1. The second kappa shape index (κ2) is 8.82. The molecule has 1 aromatic heterocycles. The Morgan fingerprint density at radius 2 is 1.77 bits per heavy atom. The molecule has 0 spiro atoms. The number of carbonyl (C=O) groups is 1. The van der Waals surface area contributed by atoms with E-state index in [1.807, 2.05) is 47.8 Å². The summed E-state index contributed by atoms with van der Waals surface area (Å²) in [6.45, 7) is 3.85. The first-order valence-electron chi connectivity index (χ1n) is 8.02. The molecule has 132 valence electrons. The predicted octanol–water partition coefficient (Wildman–Crippen LogP) is 4.39. The lowest BCUT2D eigenvalue weighted by atomic mass is 10.2. The second-order valence-corrected chi connectivity index (χ2v) is 6.15. The van der Waals surface area contributed by atoms with E-state index in [2.05, 4.69) is 16.9 Å². The summed E-state index contributed by atoms with van der Waals surface area (Å²) in [6, 6.07) is 17.0. The monoisotopic (exact) mass is 366 g/mol. The van der Waals surface area contributed by atoms with Gasteiger partial charge < -0.3 is 9.47 Å². The van der Waals surface area contributed by atoms with Gasteiger partial charge in [0.25, 0.3) is 5.91 Å². The highest BCUT2D eigenvalue weighted by Gasteiger charge is 2.10. The number of nitrogens with zero attached hydrogens (tertiary/aromatic N) is 1. The molecule has 0 aliphatic rings. The lowest BCUT2D eigenvalue weighted by Crippen LogP contribution is -2.20. The quantitative estimate of drug-likeness (QED) is 0.601. The van der Waals surface area contributed by atoms with Gasteiger partial charge in [0.1, 0.15) is 6.61 Å². The smallest absolute Gasteiger partial charge is 0.264 e. The number of thiazole rings is 1. The Morgan fingerprint density at radius 1 is 1.08 bits per heavy atom. The molecule has 1 N–H and O–H groups in total. The molecule has 0 bridgehead atoms. The Morgan fingerprint density at radius 3 is 2.50 bits per heavy atom. The van der Waals surface area contributed by atoms with Crippen molar-refractivity contribution in [1.82, 2.24) is 4.98 Å². The lowest BCUT2D eigenvalue weighted by Gasteiger charge is -2.11. The van der Waals surface area contributed by atoms with Gasteiger partial charge in [-0.2, -0.15) is 0 Å². The van der Waals surface area contributed by atoms with E-state index >= 15 is 0 Å². The molecule has 0 unspecified atom stereocenters. The van der Waals surface area contributed by atoms with Crippen molar-refractivity contribution in [3.05, 3.63) is 72.6 Å². The first-order valence-corrected chi connectivity index (χ1v) is 8.90. The van der Waals surface area contributed by atoms with E-state index in [1.165, 1.54) is 11.3 Å². The summed E-state index contributed by atoms with van der Waals surface area (Å²) in [5.41, 5.74) is 1.84. The van der Waals surface area contributed by atoms with E-state index in [4.69, 9.17) is 9.47 Å². The maximum Gasteiger partial charge on any atom is 0.264 e. The number of aromatic nitrogens is 1. The van der Waals surface area contributed by atoms with Gasteiger partial charge in [0.15, 0.2) is 23.2 Å². The molecule has 0 fully saturated rings. The predicted molar refractivity (Wildman–Crippen MR) is 104 cm³/mol. The van der Waals surface area contributed by atoms with Gasteiger partial charge >= 0.3 is 0 Å². The molecule has 1 amide bonds. The molecular formula is C20H18N2O3S. The van der Waals surface area contributed by atoms with Crippen LogP contribution in [0.4, 0.5) is 5.13 Å². The highest BCUT2D eigenvalue weighted by atomic mass is 32.1. The molecule has 5 nitrogen and oxygen atoms in total. The summed E-state index contributed by atoms with van der Waals surface area (Å²) in [5.74, 6) is 0.798. The Hall–Kier alpha value is -3.12. The van der Waals surface area contributed by atoms with E-state index < -0.39 is 0 Å². The number of hydrogen-bond acceptors (Lipinski definition) is 5. The van der Waals surface area contributed by atoms with E-state index in [9.17, 15) is 4.79 Å². The average Bonchev–Trinajstić information content (AvgIpc) is 3.14. The van der Waals surface area contributed by atoms with E-state index in [0.29, 0.717) is 23.2 Å². The van der Waals surface area contributed by atoms with Crippen LogP contribution in [0.2, 0.25) is 0 Å². The fourth-order valence-corrected chi connectivity index (χ4v) is 2.94. The third-order valence-electron chi connectivity index (χ3n) is 3.38. The number of benzene rings is 2. The topological polar surface area (TPSA) is 60.5 Å². The minimum atomic E-state index is -0.280. The first kappa shape index (κ1) is 17.7. The number of anilines is 1. The number of ether oxygens (including phenoxy) is 2. The van der Waals surface area contributed by atoms with Crippen molar-refractivity contribution < 1.29 is 14.3 Å². The highest BCUT2D eigenvalue weighted by molar-refractivity contribution is 7.14. The molecule has 0 saturated carbocycles. The molecule has 0 aliphatic carbocycles. The van der Waals surface area contributed by atoms with Crippen molar-refractivity contribution in [3.63, 3.8) is 0 Å². The van der Waals surface area contributed by atoms with Crippen molar-refractivity contribution >= 4 is 22.4 Å². The molecule has 1 heterocycles. The van der Waals surface area contributed by atoms with Crippen LogP contribution in [0.1, 0.15) is 0 Å². The number of hydrogen-bond donors (Lipinski definition) is 1. The van der Waals surface area contributed by atoms with Crippen molar-refractivity contribution in [2.45, 2.75) is 0 Å². The fourth-order valence-electron chi connectivity index (χ4n) is 2.21. The zero-order valence-corrected chi connectivity index (χ0v) is 14.9. The summed E-state index contributed by atoms with van der Waals surface area (Å²) < 4.78 is 11.1. The normalized spacial score (nSPS) is 10.2. The van der Waals surface area contributed by atoms with Gasteiger partial charge in [-0.1, -0.05) is 55.1 Å². The van der Waals surface area contributed by atoms with Gasteiger partial charge in [-0.25, -0.2) is 4.98 Å². The zero-order chi connectivity index (χ0) is 18.2. The third-order valence-corrected chi connectivity index (χ3v) is 4.14. The van der Waals surface area contributed by atoms with E-state index in [0.717, 1.165) is 11.3 Å². The highest BCUT2D eigenvalue weighted by Crippen LogP contribution is 2.27. The van der Waals surface area contributed by atoms with Crippen LogP contribution in [-0.2, 0) is 4.79 Å². The van der Waals surface area contributed by atoms with Crippen LogP contribution in [-0.4, -0.2) is 24.1 Å². The first-order chi connectivity index (χ1) is 12.8. The average molecular weight is 366 g/mol. The molecule has 26 heavy (non-hydrogen) atoms. The van der Waals surface area contributed by atoms with Crippen LogP contribution in [0.3, 0.4) is 0 Å². The molecule has 3 aromatic rings. The Bertz CT molecular complexity index is 878. The van der Waals surface area contributed by atoms with Crippen LogP contribution < -0.4 is 14.8 Å². The summed E-state index contributed by atoms with van der Waals surface area (Å²) in [6.07, 6.45) is 1.65. The van der Waals surface area contributed by atoms with Crippen molar-refractivity contribution in [2.75, 3.05) is 18.5 Å². The van der Waals surface area contributed by atoms with Crippen LogP contribution in [0, 0.1) is 0 Å². The molecule has 2 aromatic carbocycles.